The Balaban J connectivity index is 1.72. The van der Waals surface area contributed by atoms with E-state index in [0.29, 0.717) is 28.6 Å². The van der Waals surface area contributed by atoms with Crippen LogP contribution in [-0.2, 0) is 9.59 Å². The standard InChI is InChI=1S/C28H23IN2O4S/c1-4-35-20-7-5-6-18(14-20)25(32)22-24(17-8-10-19(29)11-9-17)31(27(34)26(22)33)28-30-23-16(3)12-15(2)13-21(23)36-28/h5-14,24,32H,4H2,1-3H3. The summed E-state index contributed by atoms with van der Waals surface area (Å²) in [6.07, 6.45) is 0. The van der Waals surface area contributed by atoms with Crippen molar-refractivity contribution in [2.45, 2.75) is 26.8 Å². The van der Waals surface area contributed by atoms with Crippen LogP contribution < -0.4 is 9.64 Å². The molecule has 1 aromatic heterocycles. The topological polar surface area (TPSA) is 79.7 Å². The van der Waals surface area contributed by atoms with Gasteiger partial charge in [0, 0.05) is 9.13 Å². The van der Waals surface area contributed by atoms with E-state index >= 15 is 0 Å². The Morgan fingerprint density at radius 3 is 2.58 bits per heavy atom. The molecule has 1 saturated heterocycles. The van der Waals surface area contributed by atoms with Gasteiger partial charge in [-0.25, -0.2) is 4.98 Å². The lowest BCUT2D eigenvalue weighted by molar-refractivity contribution is -0.132. The van der Waals surface area contributed by atoms with Crippen molar-refractivity contribution in [1.29, 1.82) is 0 Å². The molecule has 182 valence electrons. The van der Waals surface area contributed by atoms with Crippen molar-refractivity contribution in [3.63, 3.8) is 0 Å². The summed E-state index contributed by atoms with van der Waals surface area (Å²) in [6, 6.07) is 17.7. The quantitative estimate of drug-likeness (QED) is 0.120. The van der Waals surface area contributed by atoms with Crippen LogP contribution in [0.1, 0.15) is 35.2 Å². The van der Waals surface area contributed by atoms with E-state index in [-0.39, 0.29) is 11.3 Å². The minimum atomic E-state index is -0.820. The number of Topliss-reactive ketones (excluding diaryl/α,β-unsaturated/α-hetero) is 1. The van der Waals surface area contributed by atoms with E-state index in [4.69, 9.17) is 9.72 Å². The SMILES string of the molecule is CCOc1cccc(C(O)=C2C(=O)C(=O)N(c3nc4c(C)cc(C)cc4s3)C2c2ccc(I)cc2)c1. The van der Waals surface area contributed by atoms with Gasteiger partial charge in [-0.3, -0.25) is 14.5 Å². The van der Waals surface area contributed by atoms with Crippen LogP contribution >= 0.6 is 33.9 Å². The predicted molar refractivity (Wildman–Crippen MR) is 151 cm³/mol. The lowest BCUT2D eigenvalue weighted by atomic mass is 9.95. The van der Waals surface area contributed by atoms with E-state index in [9.17, 15) is 14.7 Å². The summed E-state index contributed by atoms with van der Waals surface area (Å²) in [5, 5.41) is 11.8. The van der Waals surface area contributed by atoms with Gasteiger partial charge in [-0.15, -0.1) is 0 Å². The molecule has 0 radical (unpaired) electrons. The first-order valence-electron chi connectivity index (χ1n) is 11.5. The van der Waals surface area contributed by atoms with E-state index in [1.165, 1.54) is 16.2 Å². The number of ether oxygens (including phenoxy) is 1. The highest BCUT2D eigenvalue weighted by Gasteiger charge is 2.48. The summed E-state index contributed by atoms with van der Waals surface area (Å²) in [4.78, 5) is 33.1. The zero-order valence-electron chi connectivity index (χ0n) is 19.9. The van der Waals surface area contributed by atoms with Gasteiger partial charge in [0.2, 0.25) is 0 Å². The summed E-state index contributed by atoms with van der Waals surface area (Å²) in [5.41, 5.74) is 4.05. The number of nitrogens with zero attached hydrogens (tertiary/aromatic N) is 2. The number of fused-ring (bicyclic) bond motifs is 1. The number of anilines is 1. The summed E-state index contributed by atoms with van der Waals surface area (Å²) in [7, 11) is 0. The van der Waals surface area contributed by atoms with E-state index < -0.39 is 17.7 Å². The van der Waals surface area contributed by atoms with Crippen LogP contribution in [0.15, 0.2) is 66.2 Å². The number of amides is 1. The highest BCUT2D eigenvalue weighted by Crippen LogP contribution is 2.45. The van der Waals surface area contributed by atoms with Crippen molar-refractivity contribution in [2.24, 2.45) is 0 Å². The summed E-state index contributed by atoms with van der Waals surface area (Å²) >= 11 is 3.57. The van der Waals surface area contributed by atoms with Gasteiger partial charge in [-0.1, -0.05) is 41.7 Å². The molecule has 0 aliphatic carbocycles. The molecule has 1 atom stereocenters. The molecule has 1 aliphatic heterocycles. The molecule has 0 spiro atoms. The van der Waals surface area contributed by atoms with Gasteiger partial charge in [-0.05, 0) is 90.4 Å². The minimum Gasteiger partial charge on any atom is -0.507 e. The molecule has 5 rings (SSSR count). The van der Waals surface area contributed by atoms with Gasteiger partial charge in [0.25, 0.3) is 5.78 Å². The van der Waals surface area contributed by atoms with Crippen molar-refractivity contribution in [1.82, 2.24) is 4.98 Å². The molecule has 1 unspecified atom stereocenters. The minimum absolute atomic E-state index is 0.0296. The number of halogens is 1. The Bertz CT molecular complexity index is 1540. The second-order valence-electron chi connectivity index (χ2n) is 8.61. The van der Waals surface area contributed by atoms with Gasteiger partial charge in [0.05, 0.1) is 28.4 Å². The average Bonchev–Trinajstić information content (AvgIpc) is 3.38. The Morgan fingerprint density at radius 1 is 1.11 bits per heavy atom. The molecule has 1 fully saturated rings. The summed E-state index contributed by atoms with van der Waals surface area (Å²) < 4.78 is 7.53. The Labute approximate surface area is 226 Å². The van der Waals surface area contributed by atoms with Gasteiger partial charge in [-0.2, -0.15) is 0 Å². The molecule has 1 aliphatic rings. The fourth-order valence-corrected chi connectivity index (χ4v) is 6.04. The number of thiazole rings is 1. The fraction of sp³-hybridized carbons (Fsp3) is 0.179. The molecule has 4 aromatic rings. The zero-order valence-corrected chi connectivity index (χ0v) is 22.9. The highest BCUT2D eigenvalue weighted by atomic mass is 127. The van der Waals surface area contributed by atoms with Crippen LogP contribution in [-0.4, -0.2) is 28.4 Å². The van der Waals surface area contributed by atoms with Crippen LogP contribution in [0.4, 0.5) is 5.13 Å². The molecule has 6 nitrogen and oxygen atoms in total. The monoisotopic (exact) mass is 610 g/mol. The number of aliphatic hydroxyl groups excluding tert-OH is 1. The third-order valence-corrected chi connectivity index (χ3v) is 7.79. The normalized spacial score (nSPS) is 17.2. The maximum Gasteiger partial charge on any atom is 0.301 e. The number of aromatic nitrogens is 1. The molecule has 2 heterocycles. The van der Waals surface area contributed by atoms with Crippen molar-refractivity contribution in [3.05, 3.63) is 92.1 Å². The lowest BCUT2D eigenvalue weighted by Crippen LogP contribution is -2.29. The van der Waals surface area contributed by atoms with Crippen LogP contribution in [0, 0.1) is 17.4 Å². The van der Waals surface area contributed by atoms with Crippen molar-refractivity contribution >= 4 is 66.7 Å². The van der Waals surface area contributed by atoms with Crippen LogP contribution in [0.2, 0.25) is 0 Å². The number of hydrogen-bond acceptors (Lipinski definition) is 6. The molecular weight excluding hydrogens is 587 g/mol. The van der Waals surface area contributed by atoms with E-state index in [0.717, 1.165) is 24.9 Å². The van der Waals surface area contributed by atoms with Crippen molar-refractivity contribution in [2.75, 3.05) is 11.5 Å². The number of rotatable bonds is 5. The molecule has 0 saturated carbocycles. The van der Waals surface area contributed by atoms with Crippen LogP contribution in [0.5, 0.6) is 5.75 Å². The largest absolute Gasteiger partial charge is 0.507 e. The van der Waals surface area contributed by atoms with Gasteiger partial charge in [0.15, 0.2) is 5.13 Å². The number of aryl methyl sites for hydroxylation is 2. The zero-order chi connectivity index (χ0) is 25.6. The average molecular weight is 610 g/mol. The first-order valence-corrected chi connectivity index (χ1v) is 13.4. The fourth-order valence-electron chi connectivity index (χ4n) is 4.51. The molecule has 3 aromatic carbocycles. The first kappa shape index (κ1) is 24.5. The maximum atomic E-state index is 13.5. The molecule has 0 bridgehead atoms. The summed E-state index contributed by atoms with van der Waals surface area (Å²) in [5.74, 6) is -1.13. The van der Waals surface area contributed by atoms with E-state index in [1.807, 2.05) is 57.2 Å². The van der Waals surface area contributed by atoms with Crippen molar-refractivity contribution < 1.29 is 19.4 Å². The number of ketones is 1. The third-order valence-electron chi connectivity index (χ3n) is 6.07. The number of hydrogen-bond donors (Lipinski definition) is 1. The molecule has 1 N–H and O–H groups in total. The smallest absolute Gasteiger partial charge is 0.301 e. The summed E-state index contributed by atoms with van der Waals surface area (Å²) in [6.45, 7) is 6.33. The number of benzene rings is 3. The number of carbonyl (C=O) groups is 2. The maximum absolute atomic E-state index is 13.5. The van der Waals surface area contributed by atoms with Gasteiger partial charge in [0.1, 0.15) is 11.5 Å². The van der Waals surface area contributed by atoms with Crippen LogP contribution in [0.25, 0.3) is 16.0 Å². The third kappa shape index (κ3) is 4.28. The van der Waals surface area contributed by atoms with E-state index in [2.05, 4.69) is 22.6 Å². The predicted octanol–water partition coefficient (Wildman–Crippen LogP) is 6.54. The van der Waals surface area contributed by atoms with Crippen molar-refractivity contribution in [3.8, 4) is 5.75 Å². The van der Waals surface area contributed by atoms with Crippen LogP contribution in [0.3, 0.4) is 0 Å². The molecule has 36 heavy (non-hydrogen) atoms. The number of carbonyl (C=O) groups excluding carboxylic acids is 2. The van der Waals surface area contributed by atoms with Gasteiger partial charge < -0.3 is 9.84 Å². The molecular formula is C28H23IN2O4S. The highest BCUT2D eigenvalue weighted by molar-refractivity contribution is 14.1. The lowest BCUT2D eigenvalue weighted by Gasteiger charge is -2.23. The Hall–Kier alpha value is -3.24. The Kier molecular flexibility index (Phi) is 6.57. The second-order valence-corrected chi connectivity index (χ2v) is 10.9. The second kappa shape index (κ2) is 9.67. The molecule has 1 amide bonds. The van der Waals surface area contributed by atoms with E-state index in [1.54, 1.807) is 24.3 Å². The number of aliphatic hydroxyl groups is 1. The Morgan fingerprint density at radius 2 is 1.86 bits per heavy atom. The van der Waals surface area contributed by atoms with Gasteiger partial charge >= 0.3 is 5.91 Å². The first-order chi connectivity index (χ1) is 17.3. The molecule has 8 heteroatoms.